The van der Waals surface area contributed by atoms with Crippen molar-refractivity contribution in [3.63, 3.8) is 0 Å². The zero-order valence-electron chi connectivity index (χ0n) is 10.1. The second kappa shape index (κ2) is 11.0. The Morgan fingerprint density at radius 2 is 1.43 bits per heavy atom. The monoisotopic (exact) mass is 202 g/mol. The molecule has 0 amide bonds. The van der Waals surface area contributed by atoms with E-state index in [4.69, 9.17) is 9.47 Å². The average molecular weight is 202 g/mol. The maximum absolute atomic E-state index is 5.19. The van der Waals surface area contributed by atoms with Gasteiger partial charge in [-0.25, -0.2) is 0 Å². The van der Waals surface area contributed by atoms with Crippen LogP contribution in [0.4, 0.5) is 0 Å². The van der Waals surface area contributed by atoms with Crippen molar-refractivity contribution in [3.8, 4) is 0 Å². The molecule has 0 aliphatic rings. The highest BCUT2D eigenvalue weighted by Crippen LogP contribution is 2.09. The molecule has 0 aliphatic carbocycles. The molecule has 0 aromatic heterocycles. The lowest BCUT2D eigenvalue weighted by Crippen LogP contribution is -2.03. The molecule has 1 unspecified atom stereocenters. The van der Waals surface area contributed by atoms with E-state index in [9.17, 15) is 0 Å². The third-order valence-corrected chi connectivity index (χ3v) is 2.61. The Morgan fingerprint density at radius 1 is 0.857 bits per heavy atom. The summed E-state index contributed by atoms with van der Waals surface area (Å²) >= 11 is 0. The Labute approximate surface area is 89.0 Å². The van der Waals surface area contributed by atoms with Gasteiger partial charge in [0.25, 0.3) is 0 Å². The molecule has 86 valence electrons. The predicted molar refractivity (Wildman–Crippen MR) is 60.7 cm³/mol. The topological polar surface area (TPSA) is 18.5 Å². The molecule has 0 saturated heterocycles. The summed E-state index contributed by atoms with van der Waals surface area (Å²) in [5, 5.41) is 0. The van der Waals surface area contributed by atoms with Gasteiger partial charge in [0.2, 0.25) is 0 Å². The second-order valence-corrected chi connectivity index (χ2v) is 3.95. The van der Waals surface area contributed by atoms with E-state index in [0.717, 1.165) is 6.61 Å². The molecule has 2 heteroatoms. The van der Waals surface area contributed by atoms with Crippen molar-refractivity contribution in [2.45, 2.75) is 58.0 Å². The van der Waals surface area contributed by atoms with E-state index in [1.807, 2.05) is 0 Å². The van der Waals surface area contributed by atoms with E-state index in [1.165, 1.54) is 44.9 Å². The maximum Gasteiger partial charge on any atom is 0.0543 e. The minimum atomic E-state index is 0.434. The lowest BCUT2D eigenvalue weighted by Gasteiger charge is -2.08. The van der Waals surface area contributed by atoms with Gasteiger partial charge in [-0.15, -0.1) is 0 Å². The van der Waals surface area contributed by atoms with Gasteiger partial charge in [-0.05, 0) is 19.8 Å². The van der Waals surface area contributed by atoms with Gasteiger partial charge in [0, 0.05) is 20.8 Å². The van der Waals surface area contributed by atoms with Crippen LogP contribution in [0.1, 0.15) is 51.9 Å². The molecule has 1 atom stereocenters. The molecule has 2 nitrogen and oxygen atoms in total. The van der Waals surface area contributed by atoms with Crippen LogP contribution in [0.2, 0.25) is 0 Å². The third kappa shape index (κ3) is 10.0. The molecule has 0 radical (unpaired) electrons. The molecule has 0 spiro atoms. The number of methoxy groups -OCH3 is 2. The standard InChI is InChI=1S/C12H26O2/c1-12(14-3)10-8-6-4-5-7-9-11-13-2/h12H,4-11H2,1-3H3. The molecule has 0 saturated carbocycles. The molecule has 0 fully saturated rings. The normalized spacial score (nSPS) is 13.1. The van der Waals surface area contributed by atoms with Gasteiger partial charge in [0.05, 0.1) is 6.10 Å². The zero-order valence-corrected chi connectivity index (χ0v) is 10.1. The van der Waals surface area contributed by atoms with Gasteiger partial charge in [0.15, 0.2) is 0 Å². The molecule has 0 rings (SSSR count). The first-order valence-corrected chi connectivity index (χ1v) is 5.83. The van der Waals surface area contributed by atoms with E-state index >= 15 is 0 Å². The Morgan fingerprint density at radius 3 is 2.00 bits per heavy atom. The molecular weight excluding hydrogens is 176 g/mol. The van der Waals surface area contributed by atoms with E-state index in [0.29, 0.717) is 6.10 Å². The van der Waals surface area contributed by atoms with Gasteiger partial charge in [-0.1, -0.05) is 32.1 Å². The highest BCUT2D eigenvalue weighted by Gasteiger charge is 1.98. The fraction of sp³-hybridized carbons (Fsp3) is 1.00. The predicted octanol–water partition coefficient (Wildman–Crippen LogP) is 3.40. The van der Waals surface area contributed by atoms with Crippen LogP contribution in [0.15, 0.2) is 0 Å². The fourth-order valence-electron chi connectivity index (χ4n) is 1.50. The summed E-state index contributed by atoms with van der Waals surface area (Å²) in [4.78, 5) is 0. The molecule has 0 aromatic rings. The second-order valence-electron chi connectivity index (χ2n) is 3.95. The van der Waals surface area contributed by atoms with Crippen LogP contribution >= 0.6 is 0 Å². The van der Waals surface area contributed by atoms with Gasteiger partial charge >= 0.3 is 0 Å². The fourth-order valence-corrected chi connectivity index (χ4v) is 1.50. The lowest BCUT2D eigenvalue weighted by molar-refractivity contribution is 0.108. The molecule has 0 bridgehead atoms. The van der Waals surface area contributed by atoms with Crippen LogP contribution in [-0.2, 0) is 9.47 Å². The van der Waals surface area contributed by atoms with Crippen LogP contribution < -0.4 is 0 Å². The first-order valence-electron chi connectivity index (χ1n) is 5.83. The Kier molecular flexibility index (Phi) is 10.9. The molecule has 0 heterocycles. The Balaban J connectivity index is 2.92. The molecule has 0 aliphatic heterocycles. The SMILES string of the molecule is COCCCCCCCCC(C)OC. The quantitative estimate of drug-likeness (QED) is 0.505. The van der Waals surface area contributed by atoms with Gasteiger partial charge < -0.3 is 9.47 Å². The number of unbranched alkanes of at least 4 members (excludes halogenated alkanes) is 5. The van der Waals surface area contributed by atoms with Crippen molar-refractivity contribution in [1.82, 2.24) is 0 Å². The van der Waals surface area contributed by atoms with Crippen molar-refractivity contribution < 1.29 is 9.47 Å². The molecule has 0 aromatic carbocycles. The van der Waals surface area contributed by atoms with E-state index in [1.54, 1.807) is 14.2 Å². The summed E-state index contributed by atoms with van der Waals surface area (Å²) in [7, 11) is 3.56. The van der Waals surface area contributed by atoms with E-state index < -0.39 is 0 Å². The van der Waals surface area contributed by atoms with Crippen molar-refractivity contribution in [3.05, 3.63) is 0 Å². The van der Waals surface area contributed by atoms with Gasteiger partial charge in [-0.2, -0.15) is 0 Å². The summed E-state index contributed by atoms with van der Waals surface area (Å²) in [6.07, 6.45) is 9.53. The third-order valence-electron chi connectivity index (χ3n) is 2.61. The summed E-state index contributed by atoms with van der Waals surface area (Å²) in [5.41, 5.74) is 0. The number of rotatable bonds is 10. The van der Waals surface area contributed by atoms with Crippen molar-refractivity contribution in [2.75, 3.05) is 20.8 Å². The van der Waals surface area contributed by atoms with Crippen LogP contribution in [0.3, 0.4) is 0 Å². The van der Waals surface area contributed by atoms with E-state index in [2.05, 4.69) is 6.92 Å². The zero-order chi connectivity index (χ0) is 10.6. The van der Waals surface area contributed by atoms with Gasteiger partial charge in [-0.3, -0.25) is 0 Å². The van der Waals surface area contributed by atoms with E-state index in [-0.39, 0.29) is 0 Å². The Hall–Kier alpha value is -0.0800. The van der Waals surface area contributed by atoms with Crippen molar-refractivity contribution in [2.24, 2.45) is 0 Å². The van der Waals surface area contributed by atoms with Crippen molar-refractivity contribution >= 4 is 0 Å². The molecule has 0 N–H and O–H groups in total. The van der Waals surface area contributed by atoms with Crippen LogP contribution in [-0.4, -0.2) is 26.9 Å². The largest absolute Gasteiger partial charge is 0.385 e. The highest BCUT2D eigenvalue weighted by molar-refractivity contribution is 4.51. The number of ether oxygens (including phenoxy) is 2. The summed E-state index contributed by atoms with van der Waals surface area (Å²) < 4.78 is 10.2. The number of hydrogen-bond donors (Lipinski definition) is 0. The smallest absolute Gasteiger partial charge is 0.0543 e. The summed E-state index contributed by atoms with van der Waals surface area (Å²) in [5.74, 6) is 0. The lowest BCUT2D eigenvalue weighted by atomic mass is 10.1. The van der Waals surface area contributed by atoms with Crippen molar-refractivity contribution in [1.29, 1.82) is 0 Å². The molecule has 14 heavy (non-hydrogen) atoms. The molecular formula is C12H26O2. The highest BCUT2D eigenvalue weighted by atomic mass is 16.5. The van der Waals surface area contributed by atoms with Crippen LogP contribution in [0, 0.1) is 0 Å². The summed E-state index contributed by atoms with van der Waals surface area (Å²) in [6.45, 7) is 3.05. The Bertz CT molecular complexity index is 104. The maximum atomic E-state index is 5.19. The number of hydrogen-bond acceptors (Lipinski definition) is 2. The van der Waals surface area contributed by atoms with Gasteiger partial charge in [0.1, 0.15) is 0 Å². The first kappa shape index (κ1) is 13.9. The average Bonchev–Trinajstić information content (AvgIpc) is 2.21. The van der Waals surface area contributed by atoms with Crippen LogP contribution in [0.5, 0.6) is 0 Å². The first-order chi connectivity index (χ1) is 6.81. The minimum Gasteiger partial charge on any atom is -0.385 e. The minimum absolute atomic E-state index is 0.434. The van der Waals surface area contributed by atoms with Crippen LogP contribution in [0.25, 0.3) is 0 Å². The summed E-state index contributed by atoms with van der Waals surface area (Å²) in [6, 6.07) is 0.